The van der Waals surface area contributed by atoms with E-state index >= 15 is 0 Å². The monoisotopic (exact) mass is 396 g/mol. The molecule has 0 bridgehead atoms. The molecule has 0 heterocycles. The van der Waals surface area contributed by atoms with Crippen LogP contribution in [-0.4, -0.2) is 0 Å². The van der Waals surface area contributed by atoms with E-state index in [1.807, 2.05) is 0 Å². The molecule has 0 radical (unpaired) electrons. The minimum atomic E-state index is -0.322. The summed E-state index contributed by atoms with van der Waals surface area (Å²) in [5.41, 5.74) is 10.4. The second-order valence-electron chi connectivity index (χ2n) is 8.69. The van der Waals surface area contributed by atoms with Gasteiger partial charge in [0.2, 0.25) is 0 Å². The van der Waals surface area contributed by atoms with Gasteiger partial charge in [-0.1, -0.05) is 115 Å². The van der Waals surface area contributed by atoms with Crippen molar-refractivity contribution in [2.45, 2.75) is 19.3 Å². The predicted octanol–water partition coefficient (Wildman–Crippen LogP) is 7.82. The largest absolute Gasteiger partial charge is 0.0713 e. The summed E-state index contributed by atoms with van der Waals surface area (Å²) in [7, 11) is 0. The lowest BCUT2D eigenvalue weighted by Crippen LogP contribution is -2.28. The smallest absolute Gasteiger partial charge is 0.0622 e. The molecule has 31 heavy (non-hydrogen) atoms. The number of hydrogen-bond acceptors (Lipinski definition) is 0. The van der Waals surface area contributed by atoms with E-state index in [0.717, 1.165) is 0 Å². The van der Waals surface area contributed by atoms with Crippen molar-refractivity contribution in [1.29, 1.82) is 0 Å². The summed E-state index contributed by atoms with van der Waals surface area (Å²) in [6.45, 7) is 4.41. The van der Waals surface area contributed by atoms with Crippen LogP contribution in [0.1, 0.15) is 33.4 Å². The molecule has 0 unspecified atom stereocenters. The highest BCUT2D eigenvalue weighted by molar-refractivity contribution is 6.05. The van der Waals surface area contributed by atoms with Crippen molar-refractivity contribution in [2.75, 3.05) is 0 Å². The molecule has 0 nitrogen and oxygen atoms in total. The molecule has 0 atom stereocenters. The average molecular weight is 397 g/mol. The van der Waals surface area contributed by atoms with Gasteiger partial charge in [-0.05, 0) is 63.6 Å². The lowest BCUT2D eigenvalue weighted by molar-refractivity contribution is 0.768. The zero-order valence-electron chi connectivity index (χ0n) is 17.9. The number of rotatable bonds is 2. The second kappa shape index (κ2) is 6.68. The van der Waals surface area contributed by atoms with Gasteiger partial charge in [0.15, 0.2) is 0 Å². The van der Waals surface area contributed by atoms with Gasteiger partial charge >= 0.3 is 0 Å². The van der Waals surface area contributed by atoms with Gasteiger partial charge in [0, 0.05) is 0 Å². The third-order valence-corrected chi connectivity index (χ3v) is 6.95. The SMILES string of the molecule is Cc1ccc2c(c1)C(c1ccccc1)(c1ccccc1)c1ccc3c(C)cccc3c1-2. The average Bonchev–Trinajstić information content (AvgIpc) is 3.11. The molecule has 5 aromatic rings. The Hall–Kier alpha value is -3.64. The quantitative estimate of drug-likeness (QED) is 0.280. The van der Waals surface area contributed by atoms with Gasteiger partial charge in [0.05, 0.1) is 5.41 Å². The first-order chi connectivity index (χ1) is 15.2. The fourth-order valence-corrected chi connectivity index (χ4v) is 5.61. The van der Waals surface area contributed by atoms with Crippen molar-refractivity contribution < 1.29 is 0 Å². The molecule has 0 spiro atoms. The number of hydrogen-bond donors (Lipinski definition) is 0. The highest BCUT2D eigenvalue weighted by atomic mass is 14.5. The number of benzene rings is 5. The molecule has 6 rings (SSSR count). The van der Waals surface area contributed by atoms with Crippen LogP contribution in [0.25, 0.3) is 21.9 Å². The Balaban J connectivity index is 1.86. The van der Waals surface area contributed by atoms with Gasteiger partial charge in [-0.25, -0.2) is 0 Å². The van der Waals surface area contributed by atoms with Crippen molar-refractivity contribution in [3.63, 3.8) is 0 Å². The zero-order valence-corrected chi connectivity index (χ0v) is 17.9. The Morgan fingerprint density at radius 2 is 1.19 bits per heavy atom. The maximum Gasteiger partial charge on any atom is 0.0713 e. The molecule has 0 saturated heterocycles. The van der Waals surface area contributed by atoms with Crippen LogP contribution in [0.15, 0.2) is 109 Å². The molecule has 5 aromatic carbocycles. The molecule has 148 valence electrons. The van der Waals surface area contributed by atoms with E-state index < -0.39 is 0 Å². The van der Waals surface area contributed by atoms with E-state index in [4.69, 9.17) is 0 Å². The van der Waals surface area contributed by atoms with Crippen LogP contribution in [-0.2, 0) is 5.41 Å². The van der Waals surface area contributed by atoms with Gasteiger partial charge < -0.3 is 0 Å². The molecule has 0 heteroatoms. The van der Waals surface area contributed by atoms with Gasteiger partial charge in [0.25, 0.3) is 0 Å². The van der Waals surface area contributed by atoms with E-state index in [1.54, 1.807) is 0 Å². The lowest BCUT2D eigenvalue weighted by atomic mass is 9.67. The van der Waals surface area contributed by atoms with Crippen LogP contribution in [0, 0.1) is 13.8 Å². The summed E-state index contributed by atoms with van der Waals surface area (Å²) in [5, 5.41) is 2.68. The fourth-order valence-electron chi connectivity index (χ4n) is 5.61. The van der Waals surface area contributed by atoms with Crippen LogP contribution in [0.2, 0.25) is 0 Å². The summed E-state index contributed by atoms with van der Waals surface area (Å²) in [5.74, 6) is 0. The molecule has 1 aliphatic rings. The summed E-state index contributed by atoms with van der Waals surface area (Å²) >= 11 is 0. The Morgan fingerprint density at radius 1 is 0.516 bits per heavy atom. The standard InChI is InChI=1S/C31H24/c1-21-16-17-27-29(20-21)31(23-11-5-3-6-12-23,24-13-7-4-8-14-24)28-19-18-25-22(2)10-9-15-26(25)30(27)28/h3-20H,1-2H3. The number of fused-ring (bicyclic) bond motifs is 5. The Morgan fingerprint density at radius 3 is 1.87 bits per heavy atom. The normalized spacial score (nSPS) is 13.7. The summed E-state index contributed by atoms with van der Waals surface area (Å²) < 4.78 is 0. The highest BCUT2D eigenvalue weighted by Gasteiger charge is 2.46. The molecule has 0 N–H and O–H groups in total. The van der Waals surface area contributed by atoms with E-state index in [2.05, 4.69) is 123 Å². The molecule has 0 aromatic heterocycles. The molecular weight excluding hydrogens is 372 g/mol. The Kier molecular flexibility index (Phi) is 3.91. The number of aryl methyl sites for hydroxylation is 2. The topological polar surface area (TPSA) is 0 Å². The lowest BCUT2D eigenvalue weighted by Gasteiger charge is -2.34. The second-order valence-corrected chi connectivity index (χ2v) is 8.69. The summed E-state index contributed by atoms with van der Waals surface area (Å²) in [4.78, 5) is 0. The maximum absolute atomic E-state index is 2.40. The minimum Gasteiger partial charge on any atom is -0.0622 e. The van der Waals surface area contributed by atoms with E-state index in [9.17, 15) is 0 Å². The Labute approximate surface area is 183 Å². The van der Waals surface area contributed by atoms with Crippen molar-refractivity contribution in [2.24, 2.45) is 0 Å². The van der Waals surface area contributed by atoms with Crippen molar-refractivity contribution >= 4 is 10.8 Å². The van der Waals surface area contributed by atoms with Crippen LogP contribution < -0.4 is 0 Å². The molecule has 0 fully saturated rings. The van der Waals surface area contributed by atoms with Crippen molar-refractivity contribution in [3.05, 3.63) is 143 Å². The van der Waals surface area contributed by atoms with Gasteiger partial charge in [0.1, 0.15) is 0 Å². The van der Waals surface area contributed by atoms with Crippen molar-refractivity contribution in [1.82, 2.24) is 0 Å². The van der Waals surface area contributed by atoms with Gasteiger partial charge in [-0.3, -0.25) is 0 Å². The summed E-state index contributed by atoms with van der Waals surface area (Å²) in [6, 6.07) is 40.4. The van der Waals surface area contributed by atoms with Crippen LogP contribution >= 0.6 is 0 Å². The molecular formula is C31H24. The minimum absolute atomic E-state index is 0.322. The van der Waals surface area contributed by atoms with Crippen LogP contribution in [0.3, 0.4) is 0 Å². The molecule has 1 aliphatic carbocycles. The molecule has 0 saturated carbocycles. The first kappa shape index (κ1) is 18.2. The Bertz CT molecular complexity index is 1390. The van der Waals surface area contributed by atoms with E-state index in [1.165, 1.54) is 55.3 Å². The first-order valence-corrected chi connectivity index (χ1v) is 11.0. The zero-order chi connectivity index (χ0) is 21.0. The fraction of sp³-hybridized carbons (Fsp3) is 0.0968. The maximum atomic E-state index is 2.40. The van der Waals surface area contributed by atoms with Crippen LogP contribution in [0.4, 0.5) is 0 Å². The molecule has 0 aliphatic heterocycles. The van der Waals surface area contributed by atoms with Crippen molar-refractivity contribution in [3.8, 4) is 11.1 Å². The van der Waals surface area contributed by atoms with E-state index in [0.29, 0.717) is 0 Å². The van der Waals surface area contributed by atoms with Gasteiger partial charge in [-0.2, -0.15) is 0 Å². The van der Waals surface area contributed by atoms with E-state index in [-0.39, 0.29) is 5.41 Å². The van der Waals surface area contributed by atoms with Crippen LogP contribution in [0.5, 0.6) is 0 Å². The summed E-state index contributed by atoms with van der Waals surface area (Å²) in [6.07, 6.45) is 0. The first-order valence-electron chi connectivity index (χ1n) is 11.0. The third-order valence-electron chi connectivity index (χ3n) is 6.95. The third kappa shape index (κ3) is 2.42. The van der Waals surface area contributed by atoms with Gasteiger partial charge in [-0.15, -0.1) is 0 Å². The highest BCUT2D eigenvalue weighted by Crippen LogP contribution is 2.57. The molecule has 0 amide bonds. The predicted molar refractivity (Wildman–Crippen MR) is 131 cm³/mol.